The third-order valence-corrected chi connectivity index (χ3v) is 4.05. The minimum Gasteiger partial charge on any atom is -0.423 e. The number of hydrogen-bond acceptors (Lipinski definition) is 4. The zero-order chi connectivity index (χ0) is 14.8. The molecule has 0 saturated heterocycles. The zero-order valence-electron chi connectivity index (χ0n) is 12.2. The molecule has 1 aliphatic carbocycles. The molecule has 1 aromatic rings. The number of carbonyl (C=O) groups excluding carboxylic acids is 2. The molecule has 2 aliphatic rings. The van der Waals surface area contributed by atoms with E-state index in [9.17, 15) is 9.59 Å². The lowest BCUT2D eigenvalue weighted by atomic mass is 10.1. The van der Waals surface area contributed by atoms with Crippen molar-refractivity contribution in [3.05, 3.63) is 23.8 Å². The Labute approximate surface area is 124 Å². The van der Waals surface area contributed by atoms with Crippen molar-refractivity contribution in [3.63, 3.8) is 0 Å². The number of aryl methyl sites for hydroxylation is 1. The third kappa shape index (κ3) is 3.17. The molecule has 5 heteroatoms. The summed E-state index contributed by atoms with van der Waals surface area (Å²) in [4.78, 5) is 25.6. The predicted molar refractivity (Wildman–Crippen MR) is 79.4 cm³/mol. The number of carbonyl (C=O) groups is 2. The van der Waals surface area contributed by atoms with Gasteiger partial charge in [-0.05, 0) is 37.5 Å². The first kappa shape index (κ1) is 13.9. The van der Waals surface area contributed by atoms with Gasteiger partial charge in [-0.3, -0.25) is 4.79 Å². The second-order valence-corrected chi connectivity index (χ2v) is 5.85. The van der Waals surface area contributed by atoms with Crippen LogP contribution in [0.5, 0.6) is 5.75 Å². The summed E-state index contributed by atoms with van der Waals surface area (Å²) in [7, 11) is 0. The highest BCUT2D eigenvalue weighted by molar-refractivity contribution is 5.89. The van der Waals surface area contributed by atoms with Crippen LogP contribution in [0.2, 0.25) is 0 Å². The lowest BCUT2D eigenvalue weighted by Crippen LogP contribution is -2.45. The van der Waals surface area contributed by atoms with Crippen LogP contribution in [0, 0.1) is 6.92 Å². The molecule has 1 fully saturated rings. The van der Waals surface area contributed by atoms with Gasteiger partial charge < -0.3 is 15.0 Å². The van der Waals surface area contributed by atoms with Gasteiger partial charge in [0.05, 0.1) is 12.2 Å². The summed E-state index contributed by atoms with van der Waals surface area (Å²) in [5, 5.41) is 3.05. The van der Waals surface area contributed by atoms with Crippen LogP contribution in [-0.4, -0.2) is 31.0 Å². The van der Waals surface area contributed by atoms with E-state index in [4.69, 9.17) is 4.74 Å². The van der Waals surface area contributed by atoms with Crippen LogP contribution in [0.1, 0.15) is 31.2 Å². The Hall–Kier alpha value is -2.04. The molecule has 1 N–H and O–H groups in total. The molecule has 1 heterocycles. The van der Waals surface area contributed by atoms with Crippen LogP contribution in [0.3, 0.4) is 0 Å². The van der Waals surface area contributed by atoms with Gasteiger partial charge in [-0.1, -0.05) is 18.9 Å². The van der Waals surface area contributed by atoms with Crippen molar-refractivity contribution in [3.8, 4) is 5.75 Å². The Balaban J connectivity index is 1.71. The fraction of sp³-hybridized carbons (Fsp3) is 0.500. The largest absolute Gasteiger partial charge is 0.423 e. The highest BCUT2D eigenvalue weighted by Crippen LogP contribution is 2.32. The van der Waals surface area contributed by atoms with Crippen LogP contribution >= 0.6 is 0 Å². The van der Waals surface area contributed by atoms with Gasteiger partial charge in [-0.2, -0.15) is 0 Å². The average molecular weight is 288 g/mol. The van der Waals surface area contributed by atoms with Crippen LogP contribution in [0.25, 0.3) is 0 Å². The van der Waals surface area contributed by atoms with E-state index in [1.807, 2.05) is 19.1 Å². The molecule has 1 saturated carbocycles. The summed E-state index contributed by atoms with van der Waals surface area (Å²) in [5.74, 6) is 0.189. The Bertz CT molecular complexity index is 565. The maximum Gasteiger partial charge on any atom is 0.331 e. The van der Waals surface area contributed by atoms with Crippen LogP contribution in [0.15, 0.2) is 18.2 Å². The van der Waals surface area contributed by atoms with E-state index in [0.717, 1.165) is 24.1 Å². The van der Waals surface area contributed by atoms with E-state index in [0.29, 0.717) is 11.8 Å². The maximum absolute atomic E-state index is 12.2. The maximum atomic E-state index is 12.2. The number of nitrogens with zero attached hydrogens (tertiary/aromatic N) is 1. The van der Waals surface area contributed by atoms with Crippen LogP contribution in [-0.2, 0) is 9.59 Å². The number of nitrogens with one attached hydrogen (secondary N) is 1. The summed E-state index contributed by atoms with van der Waals surface area (Å²) >= 11 is 0. The first-order valence-electron chi connectivity index (χ1n) is 7.47. The predicted octanol–water partition coefficient (Wildman–Crippen LogP) is 1.78. The molecule has 1 aliphatic heterocycles. The monoisotopic (exact) mass is 288 g/mol. The first-order chi connectivity index (χ1) is 10.1. The molecule has 0 radical (unpaired) electrons. The fourth-order valence-corrected chi connectivity index (χ4v) is 3.01. The zero-order valence-corrected chi connectivity index (χ0v) is 12.2. The van der Waals surface area contributed by atoms with E-state index < -0.39 is 0 Å². The first-order valence-corrected chi connectivity index (χ1v) is 7.47. The van der Waals surface area contributed by atoms with E-state index in [-0.39, 0.29) is 25.0 Å². The average Bonchev–Trinajstić information content (AvgIpc) is 2.92. The highest BCUT2D eigenvalue weighted by Gasteiger charge is 2.26. The summed E-state index contributed by atoms with van der Waals surface area (Å²) < 4.78 is 5.22. The molecule has 0 atom stereocenters. The topological polar surface area (TPSA) is 58.6 Å². The van der Waals surface area contributed by atoms with Crippen molar-refractivity contribution < 1.29 is 14.3 Å². The number of ether oxygens (including phenoxy) is 1. The number of rotatable bonds is 3. The molecule has 21 heavy (non-hydrogen) atoms. The van der Waals surface area contributed by atoms with Crippen LogP contribution < -0.4 is 15.0 Å². The second kappa shape index (κ2) is 5.76. The van der Waals surface area contributed by atoms with Crippen molar-refractivity contribution in [2.24, 2.45) is 0 Å². The molecule has 0 spiro atoms. The number of amides is 1. The third-order valence-electron chi connectivity index (χ3n) is 4.05. The van der Waals surface area contributed by atoms with Gasteiger partial charge in [0.15, 0.2) is 5.75 Å². The number of hydrogen-bond donors (Lipinski definition) is 1. The van der Waals surface area contributed by atoms with E-state index in [1.165, 1.54) is 12.8 Å². The quantitative estimate of drug-likeness (QED) is 0.680. The molecule has 0 bridgehead atoms. The van der Waals surface area contributed by atoms with Gasteiger partial charge in [0, 0.05) is 6.04 Å². The molecular weight excluding hydrogens is 268 g/mol. The molecule has 3 rings (SSSR count). The van der Waals surface area contributed by atoms with E-state index in [1.54, 1.807) is 11.0 Å². The lowest BCUT2D eigenvalue weighted by molar-refractivity contribution is -0.133. The second-order valence-electron chi connectivity index (χ2n) is 5.85. The van der Waals surface area contributed by atoms with Crippen molar-refractivity contribution >= 4 is 17.6 Å². The molecule has 0 unspecified atom stereocenters. The number of esters is 1. The summed E-state index contributed by atoms with van der Waals surface area (Å²) in [6.45, 7) is 2.30. The lowest BCUT2D eigenvalue weighted by Gasteiger charge is -2.30. The van der Waals surface area contributed by atoms with Crippen molar-refractivity contribution in [2.45, 2.75) is 38.6 Å². The van der Waals surface area contributed by atoms with Gasteiger partial charge in [0.2, 0.25) is 5.91 Å². The van der Waals surface area contributed by atoms with E-state index in [2.05, 4.69) is 5.32 Å². The Morgan fingerprint density at radius 2 is 2.14 bits per heavy atom. The Morgan fingerprint density at radius 3 is 2.90 bits per heavy atom. The molecule has 1 amide bonds. The number of anilines is 1. The Morgan fingerprint density at radius 1 is 1.38 bits per heavy atom. The summed E-state index contributed by atoms with van der Waals surface area (Å²) in [6.07, 6.45) is 4.49. The van der Waals surface area contributed by atoms with Gasteiger partial charge in [0.25, 0.3) is 0 Å². The summed E-state index contributed by atoms with van der Waals surface area (Å²) in [6, 6.07) is 5.92. The van der Waals surface area contributed by atoms with Crippen LogP contribution in [0.4, 0.5) is 5.69 Å². The molecular formula is C16H20N2O3. The SMILES string of the molecule is Cc1ccc2c(c1)N(CC(=O)NC1CCCC1)CC(=O)O2. The number of benzene rings is 1. The highest BCUT2D eigenvalue weighted by atomic mass is 16.5. The van der Waals surface area contributed by atoms with Crippen molar-refractivity contribution in [1.82, 2.24) is 5.32 Å². The van der Waals surface area contributed by atoms with Crippen molar-refractivity contribution in [1.29, 1.82) is 0 Å². The molecule has 5 nitrogen and oxygen atoms in total. The fourth-order valence-electron chi connectivity index (χ4n) is 3.01. The smallest absolute Gasteiger partial charge is 0.331 e. The standard InChI is InChI=1S/C16H20N2O3/c1-11-6-7-14-13(8-11)18(10-16(20)21-14)9-15(19)17-12-4-2-3-5-12/h6-8,12H,2-5,9-10H2,1H3,(H,17,19). The van der Waals surface area contributed by atoms with Gasteiger partial charge in [0.1, 0.15) is 6.54 Å². The minimum absolute atomic E-state index is 0.0240. The van der Waals surface area contributed by atoms with E-state index >= 15 is 0 Å². The molecule has 112 valence electrons. The summed E-state index contributed by atoms with van der Waals surface area (Å²) in [5.41, 5.74) is 1.89. The Kier molecular flexibility index (Phi) is 3.82. The van der Waals surface area contributed by atoms with Gasteiger partial charge in [-0.25, -0.2) is 4.79 Å². The minimum atomic E-state index is -0.319. The molecule has 0 aromatic heterocycles. The van der Waals surface area contributed by atoms with Gasteiger partial charge in [-0.15, -0.1) is 0 Å². The number of fused-ring (bicyclic) bond motifs is 1. The van der Waals surface area contributed by atoms with Crippen molar-refractivity contribution in [2.75, 3.05) is 18.0 Å². The normalized spacial score (nSPS) is 18.3. The molecule has 1 aromatic carbocycles. The van der Waals surface area contributed by atoms with Gasteiger partial charge >= 0.3 is 5.97 Å².